The van der Waals surface area contributed by atoms with Crippen LogP contribution in [0.3, 0.4) is 0 Å². The highest BCUT2D eigenvalue weighted by atomic mass is 79.9. The third kappa shape index (κ3) is 35.0. The van der Waals surface area contributed by atoms with Crippen LogP contribution in [0.15, 0.2) is 0 Å². The summed E-state index contributed by atoms with van der Waals surface area (Å²) in [6, 6.07) is 0. The minimum atomic E-state index is 0. The van der Waals surface area contributed by atoms with E-state index in [1.54, 1.807) is 0 Å². The molecule has 0 aromatic rings. The molecule has 0 unspecified atom stereocenters. The average molecular weight is 610 g/mol. The Kier molecular flexibility index (Phi) is 49.5. The molecule has 4 N–H and O–H groups in total. The fraction of sp³-hybridized carbons (Fsp3) is 1.00. The Morgan fingerprint density at radius 1 is 0.542 bits per heavy atom. The Morgan fingerprint density at radius 2 is 0.875 bits per heavy atom. The summed E-state index contributed by atoms with van der Waals surface area (Å²) in [6.45, 7) is 15.7. The van der Waals surface area contributed by atoms with E-state index in [1.807, 2.05) is 0 Å². The number of halogens is 4. The van der Waals surface area contributed by atoms with Crippen molar-refractivity contribution < 1.29 is 0 Å². The maximum atomic E-state index is 3.50. The van der Waals surface area contributed by atoms with Gasteiger partial charge >= 0.3 is 0 Å². The smallest absolute Gasteiger partial charge is 0.00368 e. The van der Waals surface area contributed by atoms with Crippen LogP contribution in [0.5, 0.6) is 0 Å². The van der Waals surface area contributed by atoms with Crippen LogP contribution < -0.4 is 21.3 Å². The highest BCUT2D eigenvalue weighted by Crippen LogP contribution is 1.95. The van der Waals surface area contributed by atoms with Crippen LogP contribution in [0.25, 0.3) is 0 Å². The minimum Gasteiger partial charge on any atom is -0.317 e. The quantitative estimate of drug-likeness (QED) is 0.201. The van der Waals surface area contributed by atoms with Crippen molar-refractivity contribution in [3.63, 3.8) is 0 Å². The second-order valence-corrected chi connectivity index (χ2v) is 5.85. The zero-order chi connectivity index (χ0) is 14.9. The third-order valence-electron chi connectivity index (χ3n) is 3.27. The van der Waals surface area contributed by atoms with Crippen molar-refractivity contribution in [3.05, 3.63) is 0 Å². The first-order valence-electron chi connectivity index (χ1n) is 8.60. The molecule has 154 valence electrons. The third-order valence-corrected chi connectivity index (χ3v) is 3.27. The van der Waals surface area contributed by atoms with Gasteiger partial charge in [-0.15, -0.1) is 67.9 Å². The van der Waals surface area contributed by atoms with E-state index in [2.05, 4.69) is 42.0 Å². The maximum absolute atomic E-state index is 3.50. The fourth-order valence-corrected chi connectivity index (χ4v) is 1.96. The van der Waals surface area contributed by atoms with Gasteiger partial charge in [0.1, 0.15) is 0 Å². The van der Waals surface area contributed by atoms with Crippen LogP contribution in [0.2, 0.25) is 0 Å². The van der Waals surface area contributed by atoms with Crippen LogP contribution in [-0.4, -0.2) is 52.4 Å². The average Bonchev–Trinajstić information content (AvgIpc) is 2.43. The Labute approximate surface area is 192 Å². The predicted molar refractivity (Wildman–Crippen MR) is 132 cm³/mol. The monoisotopic (exact) mass is 606 g/mol. The van der Waals surface area contributed by atoms with Gasteiger partial charge in [-0.2, -0.15) is 0 Å². The highest BCUT2D eigenvalue weighted by Gasteiger charge is 1.93. The molecule has 0 aliphatic rings. The molecule has 0 saturated heterocycles. The molecule has 24 heavy (non-hydrogen) atoms. The number of nitrogens with one attached hydrogen (secondary N) is 4. The largest absolute Gasteiger partial charge is 0.317 e. The predicted octanol–water partition coefficient (Wildman–Crippen LogP) is 3.89. The van der Waals surface area contributed by atoms with Crippen LogP contribution >= 0.6 is 67.9 Å². The molecule has 0 aromatic heterocycles. The molecule has 0 aliphatic heterocycles. The molecule has 0 saturated carbocycles. The SMILES string of the molecule is Br.Br.Br.Br.CCNCCCNCCCNCCCNCCC(C)C. The first-order chi connectivity index (χ1) is 9.77. The molecule has 0 bridgehead atoms. The maximum Gasteiger partial charge on any atom is -0.00368 e. The molecule has 0 heterocycles. The number of rotatable bonds is 16. The Bertz CT molecular complexity index is 189. The van der Waals surface area contributed by atoms with E-state index in [9.17, 15) is 0 Å². The number of hydrogen-bond donors (Lipinski definition) is 4. The Morgan fingerprint density at radius 3 is 1.21 bits per heavy atom. The van der Waals surface area contributed by atoms with E-state index in [4.69, 9.17) is 0 Å². The first-order valence-corrected chi connectivity index (χ1v) is 8.60. The normalized spacial score (nSPS) is 9.50. The summed E-state index contributed by atoms with van der Waals surface area (Å²) in [7, 11) is 0. The van der Waals surface area contributed by atoms with Gasteiger partial charge in [-0.05, 0) is 84.0 Å². The van der Waals surface area contributed by atoms with Crippen molar-refractivity contribution in [3.8, 4) is 0 Å². The van der Waals surface area contributed by atoms with Gasteiger partial charge in [0.25, 0.3) is 0 Å². The van der Waals surface area contributed by atoms with Gasteiger partial charge < -0.3 is 21.3 Å². The second-order valence-electron chi connectivity index (χ2n) is 5.85. The zero-order valence-corrected chi connectivity index (χ0v) is 22.5. The summed E-state index contributed by atoms with van der Waals surface area (Å²) in [4.78, 5) is 0. The first kappa shape index (κ1) is 36.6. The Balaban J connectivity index is -0.000000301. The molecule has 8 heteroatoms. The van der Waals surface area contributed by atoms with Crippen LogP contribution in [0.1, 0.15) is 46.5 Å². The van der Waals surface area contributed by atoms with E-state index >= 15 is 0 Å². The van der Waals surface area contributed by atoms with Crippen molar-refractivity contribution in [2.24, 2.45) is 5.92 Å². The van der Waals surface area contributed by atoms with Gasteiger partial charge in [-0.3, -0.25) is 0 Å². The highest BCUT2D eigenvalue weighted by molar-refractivity contribution is 8.93. The van der Waals surface area contributed by atoms with E-state index in [0.717, 1.165) is 58.3 Å². The molecule has 4 nitrogen and oxygen atoms in total. The van der Waals surface area contributed by atoms with Gasteiger partial charge in [0, 0.05) is 0 Å². The van der Waals surface area contributed by atoms with E-state index in [-0.39, 0.29) is 67.9 Å². The minimum absolute atomic E-state index is 0. The summed E-state index contributed by atoms with van der Waals surface area (Å²) in [5.74, 6) is 0.811. The van der Waals surface area contributed by atoms with Crippen molar-refractivity contribution in [2.45, 2.75) is 46.5 Å². The van der Waals surface area contributed by atoms with Gasteiger partial charge in [-0.1, -0.05) is 20.8 Å². The lowest BCUT2D eigenvalue weighted by Crippen LogP contribution is -2.27. The lowest BCUT2D eigenvalue weighted by atomic mass is 10.1. The summed E-state index contributed by atoms with van der Waals surface area (Å²) < 4.78 is 0. The van der Waals surface area contributed by atoms with Gasteiger partial charge in [-0.25, -0.2) is 0 Å². The molecule has 0 aliphatic carbocycles. The molecule has 0 fully saturated rings. The molecule has 0 amide bonds. The van der Waals surface area contributed by atoms with E-state index in [1.165, 1.54) is 25.7 Å². The molecular formula is C16H42Br4N4. The molecule has 0 spiro atoms. The lowest BCUT2D eigenvalue weighted by molar-refractivity contribution is 0.519. The fourth-order valence-electron chi connectivity index (χ4n) is 1.96. The van der Waals surface area contributed by atoms with Crippen molar-refractivity contribution >= 4 is 67.9 Å². The van der Waals surface area contributed by atoms with Crippen LogP contribution in [0.4, 0.5) is 0 Å². The van der Waals surface area contributed by atoms with Crippen molar-refractivity contribution in [1.82, 2.24) is 21.3 Å². The molecule has 0 aromatic carbocycles. The van der Waals surface area contributed by atoms with Gasteiger partial charge in [0.05, 0.1) is 0 Å². The summed E-state index contributed by atoms with van der Waals surface area (Å²) >= 11 is 0. The Hall–Kier alpha value is 1.76. The van der Waals surface area contributed by atoms with E-state index < -0.39 is 0 Å². The summed E-state index contributed by atoms with van der Waals surface area (Å²) in [6.07, 6.45) is 4.96. The molecule has 0 radical (unpaired) electrons. The summed E-state index contributed by atoms with van der Waals surface area (Å²) in [5.41, 5.74) is 0. The number of hydrogen-bond acceptors (Lipinski definition) is 4. The van der Waals surface area contributed by atoms with Crippen LogP contribution in [-0.2, 0) is 0 Å². The standard InChI is InChI=1S/C16H38N4.4BrH/c1-4-17-9-5-10-18-11-6-12-19-13-7-14-20-15-8-16(2)3;;;;/h16-20H,4-15H2,1-3H3;4*1H. The van der Waals surface area contributed by atoms with Crippen molar-refractivity contribution in [1.29, 1.82) is 0 Å². The molecular weight excluding hydrogens is 568 g/mol. The summed E-state index contributed by atoms with van der Waals surface area (Å²) in [5, 5.41) is 13.8. The topological polar surface area (TPSA) is 48.1 Å². The second kappa shape index (κ2) is 32.4. The van der Waals surface area contributed by atoms with Gasteiger partial charge in [0.2, 0.25) is 0 Å². The van der Waals surface area contributed by atoms with Crippen LogP contribution in [0, 0.1) is 5.92 Å². The molecule has 0 atom stereocenters. The van der Waals surface area contributed by atoms with Crippen molar-refractivity contribution in [2.75, 3.05) is 52.4 Å². The zero-order valence-electron chi connectivity index (χ0n) is 15.7. The van der Waals surface area contributed by atoms with E-state index in [0.29, 0.717) is 0 Å². The lowest BCUT2D eigenvalue weighted by Gasteiger charge is -2.08. The molecule has 0 rings (SSSR count). The van der Waals surface area contributed by atoms with Gasteiger partial charge in [0.15, 0.2) is 0 Å².